The second-order valence-corrected chi connectivity index (χ2v) is 6.67. The molecule has 2 rings (SSSR count). The molecule has 106 valence electrons. The van der Waals surface area contributed by atoms with Crippen molar-refractivity contribution in [1.29, 1.82) is 0 Å². The van der Waals surface area contributed by atoms with Crippen LogP contribution in [0.15, 0.2) is 40.9 Å². The van der Waals surface area contributed by atoms with Crippen LogP contribution in [0.3, 0.4) is 0 Å². The Kier molecular flexibility index (Phi) is 5.90. The van der Waals surface area contributed by atoms with Gasteiger partial charge in [0, 0.05) is 4.47 Å². The van der Waals surface area contributed by atoms with Gasteiger partial charge in [0.2, 0.25) is 0 Å². The average molecular weight is 445 g/mol. The highest BCUT2D eigenvalue weighted by Crippen LogP contribution is 2.30. The van der Waals surface area contributed by atoms with Gasteiger partial charge in [0.05, 0.1) is 10.2 Å². The molecule has 0 heterocycles. The smallest absolute Gasteiger partial charge is 0.133 e. The summed E-state index contributed by atoms with van der Waals surface area (Å²) < 4.78 is 7.89. The standard InChI is InChI=1S/C17H18BrIO/c1-3-12-5-7-13(8-6-12)9-14-10-16(19)17(20-4-2)11-15(14)18/h5-8,10-11H,3-4,9H2,1-2H3. The Labute approximate surface area is 143 Å². The van der Waals surface area contributed by atoms with Gasteiger partial charge in [-0.25, -0.2) is 0 Å². The second kappa shape index (κ2) is 7.46. The van der Waals surface area contributed by atoms with Crippen LogP contribution in [0.4, 0.5) is 0 Å². The summed E-state index contributed by atoms with van der Waals surface area (Å²) in [7, 11) is 0. The molecule has 0 aliphatic carbocycles. The van der Waals surface area contributed by atoms with Crippen LogP contribution < -0.4 is 4.74 Å². The Bertz CT molecular complexity index is 578. The molecule has 0 radical (unpaired) electrons. The van der Waals surface area contributed by atoms with Gasteiger partial charge >= 0.3 is 0 Å². The van der Waals surface area contributed by atoms with Crippen molar-refractivity contribution < 1.29 is 4.74 Å². The van der Waals surface area contributed by atoms with E-state index in [-0.39, 0.29) is 0 Å². The number of benzene rings is 2. The quantitative estimate of drug-likeness (QED) is 0.545. The van der Waals surface area contributed by atoms with E-state index in [1.54, 1.807) is 0 Å². The van der Waals surface area contributed by atoms with Crippen molar-refractivity contribution in [3.63, 3.8) is 0 Å². The van der Waals surface area contributed by atoms with Crippen LogP contribution in [0.2, 0.25) is 0 Å². The molecule has 2 aromatic carbocycles. The molecule has 0 N–H and O–H groups in total. The summed E-state index contributed by atoms with van der Waals surface area (Å²) in [6, 6.07) is 13.1. The zero-order chi connectivity index (χ0) is 14.5. The normalized spacial score (nSPS) is 10.6. The Hall–Kier alpha value is -0.550. The maximum atomic E-state index is 5.62. The monoisotopic (exact) mass is 444 g/mol. The third kappa shape index (κ3) is 3.98. The van der Waals surface area contributed by atoms with E-state index in [1.807, 2.05) is 6.92 Å². The number of halogens is 2. The molecule has 0 aliphatic rings. The average Bonchev–Trinajstić information content (AvgIpc) is 2.45. The molecule has 0 aromatic heterocycles. The minimum Gasteiger partial charge on any atom is -0.493 e. The second-order valence-electron chi connectivity index (χ2n) is 4.65. The topological polar surface area (TPSA) is 9.23 Å². The van der Waals surface area contributed by atoms with Gasteiger partial charge in [-0.2, -0.15) is 0 Å². The van der Waals surface area contributed by atoms with Gasteiger partial charge in [0.25, 0.3) is 0 Å². The largest absolute Gasteiger partial charge is 0.493 e. The van der Waals surface area contributed by atoms with Crippen molar-refractivity contribution in [3.8, 4) is 5.75 Å². The number of hydrogen-bond donors (Lipinski definition) is 0. The molecule has 2 aromatic rings. The van der Waals surface area contributed by atoms with Crippen LogP contribution in [0.25, 0.3) is 0 Å². The maximum absolute atomic E-state index is 5.62. The molecule has 0 saturated carbocycles. The Morgan fingerprint density at radius 1 is 1.05 bits per heavy atom. The first kappa shape index (κ1) is 15.8. The minimum atomic E-state index is 0.695. The summed E-state index contributed by atoms with van der Waals surface area (Å²) in [6.07, 6.45) is 2.03. The van der Waals surface area contributed by atoms with E-state index in [1.165, 1.54) is 16.7 Å². The van der Waals surface area contributed by atoms with Crippen LogP contribution in [0, 0.1) is 3.57 Å². The Morgan fingerprint density at radius 2 is 1.70 bits per heavy atom. The summed E-state index contributed by atoms with van der Waals surface area (Å²) in [6.45, 7) is 4.88. The summed E-state index contributed by atoms with van der Waals surface area (Å²) in [5.74, 6) is 0.949. The first-order chi connectivity index (χ1) is 9.63. The first-order valence-electron chi connectivity index (χ1n) is 6.82. The van der Waals surface area contributed by atoms with Gasteiger partial charge in [-0.15, -0.1) is 0 Å². The van der Waals surface area contributed by atoms with E-state index in [2.05, 4.69) is 81.8 Å². The molecule has 0 fully saturated rings. The van der Waals surface area contributed by atoms with Gasteiger partial charge < -0.3 is 4.74 Å². The zero-order valence-electron chi connectivity index (χ0n) is 11.7. The van der Waals surface area contributed by atoms with Crippen molar-refractivity contribution in [1.82, 2.24) is 0 Å². The van der Waals surface area contributed by atoms with Crippen LogP contribution in [0.5, 0.6) is 5.75 Å². The fourth-order valence-electron chi connectivity index (χ4n) is 2.08. The Balaban J connectivity index is 2.22. The highest BCUT2D eigenvalue weighted by molar-refractivity contribution is 14.1. The van der Waals surface area contributed by atoms with E-state index < -0.39 is 0 Å². The fourth-order valence-corrected chi connectivity index (χ4v) is 3.23. The fraction of sp³-hybridized carbons (Fsp3) is 0.294. The number of aryl methyl sites for hydroxylation is 1. The molecular formula is C17H18BrIO. The van der Waals surface area contributed by atoms with Gasteiger partial charge in [0.15, 0.2) is 0 Å². The van der Waals surface area contributed by atoms with Crippen molar-refractivity contribution in [2.24, 2.45) is 0 Å². The van der Waals surface area contributed by atoms with Crippen molar-refractivity contribution in [2.45, 2.75) is 26.7 Å². The highest BCUT2D eigenvalue weighted by atomic mass is 127. The first-order valence-corrected chi connectivity index (χ1v) is 8.69. The Morgan fingerprint density at radius 3 is 2.30 bits per heavy atom. The van der Waals surface area contributed by atoms with Crippen molar-refractivity contribution >= 4 is 38.5 Å². The van der Waals surface area contributed by atoms with Crippen LogP contribution in [0.1, 0.15) is 30.5 Å². The lowest BCUT2D eigenvalue weighted by Crippen LogP contribution is -1.97. The lowest BCUT2D eigenvalue weighted by atomic mass is 10.0. The molecular weight excluding hydrogens is 427 g/mol. The molecule has 0 atom stereocenters. The van der Waals surface area contributed by atoms with E-state index >= 15 is 0 Å². The van der Waals surface area contributed by atoms with Crippen LogP contribution in [-0.2, 0) is 12.8 Å². The van der Waals surface area contributed by atoms with E-state index in [4.69, 9.17) is 4.74 Å². The predicted octanol–water partition coefficient (Wildman–Crippen LogP) is 5.61. The van der Waals surface area contributed by atoms with Crippen molar-refractivity contribution in [3.05, 3.63) is 61.1 Å². The third-order valence-corrected chi connectivity index (χ3v) is 4.81. The highest BCUT2D eigenvalue weighted by Gasteiger charge is 2.08. The maximum Gasteiger partial charge on any atom is 0.133 e. The number of hydrogen-bond acceptors (Lipinski definition) is 1. The van der Waals surface area contributed by atoms with Crippen LogP contribution >= 0.6 is 38.5 Å². The van der Waals surface area contributed by atoms with Gasteiger partial charge in [-0.05, 0) is 71.2 Å². The molecule has 0 spiro atoms. The SMILES string of the molecule is CCOc1cc(Br)c(Cc2ccc(CC)cc2)cc1I. The lowest BCUT2D eigenvalue weighted by molar-refractivity contribution is 0.337. The summed E-state index contributed by atoms with van der Waals surface area (Å²) >= 11 is 5.99. The van der Waals surface area contributed by atoms with Crippen LogP contribution in [-0.4, -0.2) is 6.61 Å². The predicted molar refractivity (Wildman–Crippen MR) is 96.7 cm³/mol. The number of rotatable bonds is 5. The summed E-state index contributed by atoms with van der Waals surface area (Å²) in [5.41, 5.74) is 4.01. The van der Waals surface area contributed by atoms with Gasteiger partial charge in [0.1, 0.15) is 5.75 Å². The summed E-state index contributed by atoms with van der Waals surface area (Å²) in [5, 5.41) is 0. The van der Waals surface area contributed by atoms with E-state index in [9.17, 15) is 0 Å². The number of ether oxygens (including phenoxy) is 1. The van der Waals surface area contributed by atoms with Gasteiger partial charge in [-0.1, -0.05) is 47.1 Å². The van der Waals surface area contributed by atoms with Crippen molar-refractivity contribution in [2.75, 3.05) is 6.61 Å². The molecule has 20 heavy (non-hydrogen) atoms. The molecule has 0 bridgehead atoms. The zero-order valence-corrected chi connectivity index (χ0v) is 15.5. The molecule has 0 saturated heterocycles. The van der Waals surface area contributed by atoms with Gasteiger partial charge in [-0.3, -0.25) is 0 Å². The van der Waals surface area contributed by atoms with E-state index in [0.717, 1.165) is 26.6 Å². The molecule has 0 unspecified atom stereocenters. The molecule has 0 amide bonds. The van der Waals surface area contributed by atoms with E-state index in [0.29, 0.717) is 6.61 Å². The molecule has 0 aliphatic heterocycles. The molecule has 3 heteroatoms. The molecule has 1 nitrogen and oxygen atoms in total. The third-order valence-electron chi connectivity index (χ3n) is 3.23. The lowest BCUT2D eigenvalue weighted by Gasteiger charge is -2.11. The summed E-state index contributed by atoms with van der Waals surface area (Å²) in [4.78, 5) is 0. The minimum absolute atomic E-state index is 0.695.